The number of aliphatic carboxylic acids is 2. The third kappa shape index (κ3) is 2.31. The second kappa shape index (κ2) is 5.45. The molecule has 0 aromatic heterocycles. The highest BCUT2D eigenvalue weighted by Gasteiger charge is 2.54. The molecule has 1 aliphatic carbocycles. The van der Waals surface area contributed by atoms with Crippen molar-refractivity contribution >= 4 is 17.7 Å². The molecular weight excluding hydrogens is 260 g/mol. The zero-order valence-corrected chi connectivity index (χ0v) is 10.9. The molecule has 1 fully saturated rings. The lowest BCUT2D eigenvalue weighted by atomic mass is 9.70. The van der Waals surface area contributed by atoms with E-state index in [0.29, 0.717) is 5.56 Å². The first-order valence-corrected chi connectivity index (χ1v) is 6.52. The van der Waals surface area contributed by atoms with Gasteiger partial charge in [-0.15, -0.1) is 0 Å². The summed E-state index contributed by atoms with van der Waals surface area (Å²) >= 11 is 0. The molecule has 0 saturated heterocycles. The second-order valence-corrected chi connectivity index (χ2v) is 5.09. The van der Waals surface area contributed by atoms with E-state index in [2.05, 4.69) is 0 Å². The van der Waals surface area contributed by atoms with Gasteiger partial charge in [-0.25, -0.2) is 0 Å². The molecule has 0 radical (unpaired) electrons. The minimum atomic E-state index is -1.28. The molecule has 0 bridgehead atoms. The third-order valence-corrected chi connectivity index (χ3v) is 4.07. The molecule has 5 heteroatoms. The van der Waals surface area contributed by atoms with E-state index in [-0.39, 0.29) is 31.5 Å². The molecule has 20 heavy (non-hydrogen) atoms. The van der Waals surface area contributed by atoms with Crippen LogP contribution < -0.4 is 0 Å². The Morgan fingerprint density at radius 2 is 1.85 bits per heavy atom. The van der Waals surface area contributed by atoms with Gasteiger partial charge in [0.1, 0.15) is 11.2 Å². The van der Waals surface area contributed by atoms with Crippen molar-refractivity contribution in [2.75, 3.05) is 0 Å². The maximum Gasteiger partial charge on any atom is 0.314 e. The van der Waals surface area contributed by atoms with Gasteiger partial charge in [-0.05, 0) is 18.4 Å². The lowest BCUT2D eigenvalue weighted by Crippen LogP contribution is -2.41. The largest absolute Gasteiger partial charge is 0.481 e. The van der Waals surface area contributed by atoms with Crippen LogP contribution in [0.3, 0.4) is 0 Å². The molecule has 2 N–H and O–H groups in total. The summed E-state index contributed by atoms with van der Waals surface area (Å²) in [5.41, 5.74) is -0.706. The minimum Gasteiger partial charge on any atom is -0.481 e. The van der Waals surface area contributed by atoms with Gasteiger partial charge in [0.25, 0.3) is 0 Å². The van der Waals surface area contributed by atoms with Crippen molar-refractivity contribution < 1.29 is 24.6 Å². The number of rotatable bonds is 5. The van der Waals surface area contributed by atoms with Crippen LogP contribution in [0.4, 0.5) is 0 Å². The Kier molecular flexibility index (Phi) is 3.88. The normalized spacial score (nSPS) is 25.6. The van der Waals surface area contributed by atoms with E-state index in [1.807, 2.05) is 0 Å². The van der Waals surface area contributed by atoms with E-state index in [1.165, 1.54) is 0 Å². The number of Topliss-reactive ketones (excluding diaryl/α,β-unsaturated/α-hetero) is 1. The van der Waals surface area contributed by atoms with Crippen LogP contribution >= 0.6 is 0 Å². The number of benzene rings is 1. The number of hydrogen-bond donors (Lipinski definition) is 2. The van der Waals surface area contributed by atoms with Crippen molar-refractivity contribution in [3.63, 3.8) is 0 Å². The summed E-state index contributed by atoms with van der Waals surface area (Å²) in [5, 5.41) is 18.5. The number of ketones is 1. The standard InChI is InChI=1S/C15H16O5/c16-12-8-9-15(14(19)20,10-4-2-1-3-5-10)11(12)6-7-13(17)18/h1-5,11H,6-9H2,(H,17,18)(H,19,20)/t11-,15-/m0/s1. The molecule has 0 unspecified atom stereocenters. The Labute approximate surface area is 116 Å². The molecule has 1 aromatic rings. The number of carbonyl (C=O) groups excluding carboxylic acids is 1. The number of hydrogen-bond acceptors (Lipinski definition) is 3. The van der Waals surface area contributed by atoms with Gasteiger partial charge < -0.3 is 10.2 Å². The molecule has 1 aromatic carbocycles. The highest BCUT2D eigenvalue weighted by atomic mass is 16.4. The van der Waals surface area contributed by atoms with E-state index in [0.717, 1.165) is 0 Å². The Balaban J connectivity index is 2.42. The van der Waals surface area contributed by atoms with Gasteiger partial charge in [-0.2, -0.15) is 0 Å². The van der Waals surface area contributed by atoms with E-state index in [9.17, 15) is 19.5 Å². The fourth-order valence-corrected chi connectivity index (χ4v) is 3.08. The Hall–Kier alpha value is -2.17. The summed E-state index contributed by atoms with van der Waals surface area (Å²) in [5.74, 6) is -2.99. The molecule has 0 aliphatic heterocycles. The summed E-state index contributed by atoms with van der Waals surface area (Å²) in [6, 6.07) is 8.64. The van der Waals surface area contributed by atoms with Crippen molar-refractivity contribution in [1.29, 1.82) is 0 Å². The highest BCUT2D eigenvalue weighted by Crippen LogP contribution is 2.46. The van der Waals surface area contributed by atoms with Gasteiger partial charge in [0.15, 0.2) is 0 Å². The monoisotopic (exact) mass is 276 g/mol. The first-order chi connectivity index (χ1) is 9.48. The topological polar surface area (TPSA) is 91.7 Å². The molecule has 106 valence electrons. The SMILES string of the molecule is O=C(O)CC[C@H]1C(=O)CC[C@]1(C(=O)O)c1ccccc1. The maximum absolute atomic E-state index is 12.0. The van der Waals surface area contributed by atoms with Crippen molar-refractivity contribution in [3.8, 4) is 0 Å². The van der Waals surface area contributed by atoms with E-state index < -0.39 is 23.3 Å². The van der Waals surface area contributed by atoms with Crippen LogP contribution in [0.1, 0.15) is 31.2 Å². The first-order valence-electron chi connectivity index (χ1n) is 6.52. The Morgan fingerprint density at radius 3 is 2.40 bits per heavy atom. The number of carbonyl (C=O) groups is 3. The van der Waals surface area contributed by atoms with Crippen LogP contribution in [-0.4, -0.2) is 27.9 Å². The van der Waals surface area contributed by atoms with Crippen LogP contribution in [0.2, 0.25) is 0 Å². The Morgan fingerprint density at radius 1 is 1.20 bits per heavy atom. The van der Waals surface area contributed by atoms with E-state index in [1.54, 1.807) is 30.3 Å². The highest BCUT2D eigenvalue weighted by molar-refractivity contribution is 5.96. The van der Waals surface area contributed by atoms with E-state index in [4.69, 9.17) is 5.11 Å². The van der Waals surface area contributed by atoms with E-state index >= 15 is 0 Å². The Bertz CT molecular complexity index is 536. The third-order valence-electron chi connectivity index (χ3n) is 4.07. The summed E-state index contributed by atoms with van der Waals surface area (Å²) in [6.07, 6.45) is 0.286. The van der Waals surface area contributed by atoms with Crippen LogP contribution in [0.15, 0.2) is 30.3 Å². The molecule has 0 amide bonds. The average Bonchev–Trinajstić information content (AvgIpc) is 2.75. The van der Waals surface area contributed by atoms with Crippen molar-refractivity contribution in [3.05, 3.63) is 35.9 Å². The molecular formula is C15H16O5. The smallest absolute Gasteiger partial charge is 0.314 e. The molecule has 1 aliphatic rings. The van der Waals surface area contributed by atoms with Crippen LogP contribution in [0.25, 0.3) is 0 Å². The van der Waals surface area contributed by atoms with Crippen molar-refractivity contribution in [2.45, 2.75) is 31.1 Å². The maximum atomic E-state index is 12.0. The molecule has 0 spiro atoms. The second-order valence-electron chi connectivity index (χ2n) is 5.09. The minimum absolute atomic E-state index is 0.0648. The van der Waals surface area contributed by atoms with Crippen LogP contribution in [0, 0.1) is 5.92 Å². The summed E-state index contributed by atoms with van der Waals surface area (Å²) in [7, 11) is 0. The molecule has 1 saturated carbocycles. The van der Waals surface area contributed by atoms with Crippen LogP contribution in [0.5, 0.6) is 0 Å². The fourth-order valence-electron chi connectivity index (χ4n) is 3.08. The quantitative estimate of drug-likeness (QED) is 0.856. The van der Waals surface area contributed by atoms with Gasteiger partial charge in [0.05, 0.1) is 0 Å². The summed E-state index contributed by atoms with van der Waals surface area (Å²) in [4.78, 5) is 34.6. The number of carboxylic acid groups (broad SMARTS) is 2. The van der Waals surface area contributed by atoms with Gasteiger partial charge in [-0.1, -0.05) is 30.3 Å². The summed E-state index contributed by atoms with van der Waals surface area (Å²) < 4.78 is 0. The van der Waals surface area contributed by atoms with Crippen LogP contribution in [-0.2, 0) is 19.8 Å². The fraction of sp³-hybridized carbons (Fsp3) is 0.400. The number of carboxylic acids is 2. The molecule has 2 atom stereocenters. The first kappa shape index (κ1) is 14.2. The molecule has 0 heterocycles. The van der Waals surface area contributed by atoms with Gasteiger partial charge in [0, 0.05) is 18.8 Å². The summed E-state index contributed by atoms with van der Waals surface area (Å²) in [6.45, 7) is 0. The lowest BCUT2D eigenvalue weighted by molar-refractivity contribution is -0.148. The van der Waals surface area contributed by atoms with Crippen molar-refractivity contribution in [1.82, 2.24) is 0 Å². The average molecular weight is 276 g/mol. The van der Waals surface area contributed by atoms with Gasteiger partial charge >= 0.3 is 11.9 Å². The zero-order valence-electron chi connectivity index (χ0n) is 10.9. The van der Waals surface area contributed by atoms with Crippen molar-refractivity contribution in [2.24, 2.45) is 5.92 Å². The molecule has 5 nitrogen and oxygen atoms in total. The predicted molar refractivity (Wildman–Crippen MR) is 70.4 cm³/mol. The lowest BCUT2D eigenvalue weighted by Gasteiger charge is -2.30. The predicted octanol–water partition coefficient (Wildman–Crippen LogP) is 1.85. The van der Waals surface area contributed by atoms with Gasteiger partial charge in [-0.3, -0.25) is 14.4 Å². The zero-order chi connectivity index (χ0) is 14.8. The molecule has 2 rings (SSSR count). The van der Waals surface area contributed by atoms with Gasteiger partial charge in [0.2, 0.25) is 0 Å².